The van der Waals surface area contributed by atoms with E-state index in [2.05, 4.69) is 24.4 Å². The lowest BCUT2D eigenvalue weighted by Crippen LogP contribution is -2.19. The first-order valence-corrected chi connectivity index (χ1v) is 7.61. The molecule has 0 heterocycles. The number of nitrogens with zero attached hydrogens (tertiary/aromatic N) is 2. The Hall–Kier alpha value is -3.02. The number of hydrogen-bond acceptors (Lipinski definition) is 4. The summed E-state index contributed by atoms with van der Waals surface area (Å²) in [6.07, 6.45) is 1.69. The van der Waals surface area contributed by atoms with Gasteiger partial charge in [-0.15, -0.1) is 0 Å². The fourth-order valence-corrected chi connectivity index (χ4v) is 2.11. The van der Waals surface area contributed by atoms with Crippen LogP contribution in [-0.2, 0) is 11.2 Å². The molecule has 0 aliphatic rings. The van der Waals surface area contributed by atoms with Crippen molar-refractivity contribution in [1.82, 2.24) is 5.43 Å². The Morgan fingerprint density at radius 2 is 1.79 bits per heavy atom. The zero-order valence-electron chi connectivity index (χ0n) is 13.6. The number of hydrazone groups is 1. The molecule has 24 heavy (non-hydrogen) atoms. The summed E-state index contributed by atoms with van der Waals surface area (Å²) >= 11 is 0. The summed E-state index contributed by atoms with van der Waals surface area (Å²) in [5, 5.41) is 14.5. The molecule has 0 atom stereocenters. The van der Waals surface area contributed by atoms with Crippen molar-refractivity contribution in [3.05, 3.63) is 75.3 Å². The van der Waals surface area contributed by atoms with Gasteiger partial charge in [0.1, 0.15) is 0 Å². The van der Waals surface area contributed by atoms with E-state index in [1.165, 1.54) is 17.7 Å². The van der Waals surface area contributed by atoms with Gasteiger partial charge in [0.25, 0.3) is 5.69 Å². The number of non-ortho nitro benzene ring substituents is 1. The molecule has 0 saturated carbocycles. The van der Waals surface area contributed by atoms with Crippen molar-refractivity contribution < 1.29 is 9.72 Å². The summed E-state index contributed by atoms with van der Waals surface area (Å²) in [4.78, 5) is 21.9. The maximum absolute atomic E-state index is 11.8. The lowest BCUT2D eigenvalue weighted by Gasteiger charge is -2.04. The molecule has 6 nitrogen and oxygen atoms in total. The van der Waals surface area contributed by atoms with Gasteiger partial charge in [0, 0.05) is 12.1 Å². The maximum Gasteiger partial charge on any atom is 0.269 e. The molecule has 124 valence electrons. The van der Waals surface area contributed by atoms with Crippen molar-refractivity contribution in [3.8, 4) is 0 Å². The first kappa shape index (κ1) is 17.3. The highest BCUT2D eigenvalue weighted by atomic mass is 16.6. The number of benzene rings is 2. The molecule has 0 aliphatic heterocycles. The Kier molecular flexibility index (Phi) is 5.78. The van der Waals surface area contributed by atoms with Crippen LogP contribution in [-0.4, -0.2) is 17.0 Å². The second-order valence-corrected chi connectivity index (χ2v) is 5.71. The highest BCUT2D eigenvalue weighted by Gasteiger charge is 2.06. The van der Waals surface area contributed by atoms with Crippen LogP contribution < -0.4 is 5.43 Å². The third-order valence-electron chi connectivity index (χ3n) is 3.52. The molecule has 1 N–H and O–H groups in total. The number of rotatable bonds is 6. The highest BCUT2D eigenvalue weighted by Crippen LogP contribution is 2.14. The van der Waals surface area contributed by atoms with E-state index in [0.717, 1.165) is 5.56 Å². The average molecular weight is 325 g/mol. The molecule has 0 fully saturated rings. The van der Waals surface area contributed by atoms with Gasteiger partial charge in [0.2, 0.25) is 5.91 Å². The van der Waals surface area contributed by atoms with Gasteiger partial charge in [-0.1, -0.05) is 50.2 Å². The van der Waals surface area contributed by atoms with E-state index >= 15 is 0 Å². The fourth-order valence-electron chi connectivity index (χ4n) is 2.11. The second-order valence-electron chi connectivity index (χ2n) is 5.71. The molecular formula is C18H19N3O3. The number of nitrogens with one attached hydrogen (secondary N) is 1. The van der Waals surface area contributed by atoms with Crippen LogP contribution >= 0.6 is 0 Å². The third kappa shape index (κ3) is 5.01. The molecular weight excluding hydrogens is 306 g/mol. The SMILES string of the molecule is CC(C)c1ccc(/C=N\NC(=O)Cc2ccc([N+](=O)[O-])cc2)cc1. The molecule has 0 saturated heterocycles. The summed E-state index contributed by atoms with van der Waals surface area (Å²) in [6.45, 7) is 4.25. The fraction of sp³-hybridized carbons (Fsp3) is 0.222. The van der Waals surface area contributed by atoms with Crippen LogP contribution in [0.15, 0.2) is 53.6 Å². The van der Waals surface area contributed by atoms with E-state index in [-0.39, 0.29) is 18.0 Å². The lowest BCUT2D eigenvalue weighted by atomic mass is 10.0. The minimum Gasteiger partial charge on any atom is -0.273 e. The lowest BCUT2D eigenvalue weighted by molar-refractivity contribution is -0.384. The molecule has 0 aromatic heterocycles. The molecule has 0 unspecified atom stereocenters. The zero-order chi connectivity index (χ0) is 17.5. The first-order chi connectivity index (χ1) is 11.5. The number of nitro benzene ring substituents is 1. The molecule has 2 aromatic rings. The molecule has 0 radical (unpaired) electrons. The highest BCUT2D eigenvalue weighted by molar-refractivity contribution is 5.83. The standard InChI is InChI=1S/C18H19N3O3/c1-13(2)16-7-3-15(4-8-16)12-19-20-18(22)11-14-5-9-17(10-6-14)21(23)24/h3-10,12-13H,11H2,1-2H3,(H,20,22)/b19-12-. The predicted octanol–water partition coefficient (Wildman–Crippen LogP) is 3.41. The molecule has 1 amide bonds. The zero-order valence-corrected chi connectivity index (χ0v) is 13.6. The van der Waals surface area contributed by atoms with Gasteiger partial charge in [0.15, 0.2) is 0 Å². The Morgan fingerprint density at radius 3 is 2.33 bits per heavy atom. The molecule has 0 spiro atoms. The second kappa shape index (κ2) is 8.01. The van der Waals surface area contributed by atoms with E-state index in [1.807, 2.05) is 24.3 Å². The van der Waals surface area contributed by atoms with E-state index in [4.69, 9.17) is 0 Å². The van der Waals surface area contributed by atoms with Crippen LogP contribution in [0.25, 0.3) is 0 Å². The maximum atomic E-state index is 11.8. The number of carbonyl (C=O) groups excluding carboxylic acids is 1. The van der Waals surface area contributed by atoms with Crippen LogP contribution in [0, 0.1) is 10.1 Å². The van der Waals surface area contributed by atoms with Crippen molar-refractivity contribution in [1.29, 1.82) is 0 Å². The topological polar surface area (TPSA) is 84.6 Å². The summed E-state index contributed by atoms with van der Waals surface area (Å²) in [6, 6.07) is 13.8. The van der Waals surface area contributed by atoms with Crippen LogP contribution in [0.2, 0.25) is 0 Å². The average Bonchev–Trinajstić information content (AvgIpc) is 2.55. The Labute approximate surface area is 140 Å². The van der Waals surface area contributed by atoms with Gasteiger partial charge in [-0.2, -0.15) is 5.10 Å². The Morgan fingerprint density at radius 1 is 1.17 bits per heavy atom. The van der Waals surface area contributed by atoms with Crippen molar-refractivity contribution in [2.24, 2.45) is 5.10 Å². The molecule has 2 aromatic carbocycles. The van der Waals surface area contributed by atoms with Crippen LogP contribution in [0.3, 0.4) is 0 Å². The van der Waals surface area contributed by atoms with Crippen LogP contribution in [0.4, 0.5) is 5.69 Å². The first-order valence-electron chi connectivity index (χ1n) is 7.61. The summed E-state index contributed by atoms with van der Waals surface area (Å²) < 4.78 is 0. The van der Waals surface area contributed by atoms with Gasteiger partial charge < -0.3 is 0 Å². The summed E-state index contributed by atoms with van der Waals surface area (Å²) in [5.74, 6) is 0.191. The van der Waals surface area contributed by atoms with Gasteiger partial charge in [-0.25, -0.2) is 5.43 Å². The van der Waals surface area contributed by atoms with E-state index in [1.54, 1.807) is 18.3 Å². The largest absolute Gasteiger partial charge is 0.273 e. The predicted molar refractivity (Wildman–Crippen MR) is 93.1 cm³/mol. The smallest absolute Gasteiger partial charge is 0.269 e. The van der Waals surface area contributed by atoms with E-state index in [9.17, 15) is 14.9 Å². The van der Waals surface area contributed by atoms with Gasteiger partial charge in [-0.05, 0) is 22.6 Å². The van der Waals surface area contributed by atoms with E-state index in [0.29, 0.717) is 11.5 Å². The quantitative estimate of drug-likeness (QED) is 0.502. The summed E-state index contributed by atoms with van der Waals surface area (Å²) in [5.41, 5.74) is 5.29. The molecule has 2 rings (SSSR count). The number of hydrogen-bond donors (Lipinski definition) is 1. The van der Waals surface area contributed by atoms with Crippen molar-refractivity contribution in [2.45, 2.75) is 26.2 Å². The number of carbonyl (C=O) groups is 1. The van der Waals surface area contributed by atoms with E-state index < -0.39 is 4.92 Å². The molecule has 0 aliphatic carbocycles. The van der Waals surface area contributed by atoms with Crippen LogP contribution in [0.1, 0.15) is 36.5 Å². The number of amides is 1. The normalized spacial score (nSPS) is 11.0. The molecule has 6 heteroatoms. The Bertz CT molecular complexity index is 735. The summed E-state index contributed by atoms with van der Waals surface area (Å²) in [7, 11) is 0. The van der Waals surface area contributed by atoms with Crippen molar-refractivity contribution in [2.75, 3.05) is 0 Å². The van der Waals surface area contributed by atoms with Crippen LogP contribution in [0.5, 0.6) is 0 Å². The van der Waals surface area contributed by atoms with Gasteiger partial charge in [-0.3, -0.25) is 14.9 Å². The van der Waals surface area contributed by atoms with Gasteiger partial charge >= 0.3 is 0 Å². The minimum atomic E-state index is -0.474. The third-order valence-corrected chi connectivity index (χ3v) is 3.52. The number of nitro groups is 1. The minimum absolute atomic E-state index is 0.00187. The molecule has 0 bridgehead atoms. The van der Waals surface area contributed by atoms with Crippen molar-refractivity contribution in [3.63, 3.8) is 0 Å². The Balaban J connectivity index is 1.87. The van der Waals surface area contributed by atoms with Crippen molar-refractivity contribution >= 4 is 17.8 Å². The van der Waals surface area contributed by atoms with Gasteiger partial charge in [0.05, 0.1) is 17.6 Å². The monoisotopic (exact) mass is 325 g/mol.